The number of benzene rings is 2. The Labute approximate surface area is 142 Å². The minimum Gasteiger partial charge on any atom is -0.369 e. The van der Waals surface area contributed by atoms with Gasteiger partial charge in [0.15, 0.2) is 0 Å². The van der Waals surface area contributed by atoms with Crippen molar-refractivity contribution in [1.82, 2.24) is 4.90 Å². The zero-order valence-electron chi connectivity index (χ0n) is 14.3. The SMILES string of the molecule is Cc1ccccc1C(=O)N1CC(c2ccc(F)cc2)OCC1(C)C. The summed E-state index contributed by atoms with van der Waals surface area (Å²) >= 11 is 0. The van der Waals surface area contributed by atoms with Gasteiger partial charge in [-0.3, -0.25) is 4.79 Å². The lowest BCUT2D eigenvalue weighted by atomic mass is 9.96. The molecule has 1 heterocycles. The third kappa shape index (κ3) is 3.20. The fourth-order valence-corrected chi connectivity index (χ4v) is 3.04. The van der Waals surface area contributed by atoms with E-state index in [0.717, 1.165) is 11.1 Å². The molecule has 1 saturated heterocycles. The van der Waals surface area contributed by atoms with Gasteiger partial charge in [0.05, 0.1) is 18.7 Å². The molecule has 0 N–H and O–H groups in total. The van der Waals surface area contributed by atoms with Crippen LogP contribution in [0.1, 0.15) is 41.4 Å². The Morgan fingerprint density at radius 3 is 2.50 bits per heavy atom. The monoisotopic (exact) mass is 327 g/mol. The quantitative estimate of drug-likeness (QED) is 0.830. The highest BCUT2D eigenvalue weighted by Crippen LogP contribution is 2.32. The third-order valence-corrected chi connectivity index (χ3v) is 4.58. The summed E-state index contributed by atoms with van der Waals surface area (Å²) in [5.41, 5.74) is 2.17. The fraction of sp³-hybridized carbons (Fsp3) is 0.350. The third-order valence-electron chi connectivity index (χ3n) is 4.58. The van der Waals surface area contributed by atoms with Gasteiger partial charge in [-0.2, -0.15) is 0 Å². The molecule has 1 fully saturated rings. The Morgan fingerprint density at radius 1 is 1.17 bits per heavy atom. The van der Waals surface area contributed by atoms with Crippen LogP contribution >= 0.6 is 0 Å². The number of carbonyl (C=O) groups is 1. The van der Waals surface area contributed by atoms with E-state index in [9.17, 15) is 9.18 Å². The van der Waals surface area contributed by atoms with E-state index in [0.29, 0.717) is 18.7 Å². The first-order chi connectivity index (χ1) is 11.4. The number of morpholine rings is 1. The Morgan fingerprint density at radius 2 is 1.83 bits per heavy atom. The average molecular weight is 327 g/mol. The Balaban J connectivity index is 1.88. The van der Waals surface area contributed by atoms with E-state index < -0.39 is 5.54 Å². The first-order valence-corrected chi connectivity index (χ1v) is 8.13. The van der Waals surface area contributed by atoms with E-state index >= 15 is 0 Å². The van der Waals surface area contributed by atoms with Crippen molar-refractivity contribution in [2.45, 2.75) is 32.4 Å². The molecule has 2 aromatic rings. The predicted octanol–water partition coefficient (Wildman–Crippen LogP) is 4.13. The molecule has 0 aliphatic carbocycles. The number of aryl methyl sites for hydroxylation is 1. The summed E-state index contributed by atoms with van der Waals surface area (Å²) in [5, 5.41) is 0. The van der Waals surface area contributed by atoms with E-state index in [1.807, 2.05) is 49.9 Å². The van der Waals surface area contributed by atoms with Crippen LogP contribution in [0.5, 0.6) is 0 Å². The minimum atomic E-state index is -0.393. The predicted molar refractivity (Wildman–Crippen MR) is 91.4 cm³/mol. The zero-order valence-corrected chi connectivity index (χ0v) is 14.3. The molecule has 0 spiro atoms. The van der Waals surface area contributed by atoms with Gasteiger partial charge in [0.25, 0.3) is 5.91 Å². The van der Waals surface area contributed by atoms with E-state index in [1.165, 1.54) is 12.1 Å². The normalized spacial score (nSPS) is 20.0. The van der Waals surface area contributed by atoms with Gasteiger partial charge >= 0.3 is 0 Å². The lowest BCUT2D eigenvalue weighted by Gasteiger charge is -2.45. The van der Waals surface area contributed by atoms with Crippen LogP contribution in [0.2, 0.25) is 0 Å². The molecule has 1 aliphatic heterocycles. The van der Waals surface area contributed by atoms with E-state index in [1.54, 1.807) is 12.1 Å². The van der Waals surface area contributed by atoms with Gasteiger partial charge in [0.2, 0.25) is 0 Å². The first kappa shape index (κ1) is 16.7. The Bertz CT molecular complexity index is 740. The van der Waals surface area contributed by atoms with Gasteiger partial charge in [-0.1, -0.05) is 30.3 Å². The number of amides is 1. The van der Waals surface area contributed by atoms with Crippen LogP contribution in [-0.4, -0.2) is 29.5 Å². The molecule has 24 heavy (non-hydrogen) atoms. The van der Waals surface area contributed by atoms with Gasteiger partial charge in [0, 0.05) is 5.56 Å². The van der Waals surface area contributed by atoms with Crippen LogP contribution in [-0.2, 0) is 4.74 Å². The highest BCUT2D eigenvalue weighted by molar-refractivity contribution is 5.96. The van der Waals surface area contributed by atoms with Crippen molar-refractivity contribution < 1.29 is 13.9 Å². The van der Waals surface area contributed by atoms with Crippen molar-refractivity contribution in [3.63, 3.8) is 0 Å². The largest absolute Gasteiger partial charge is 0.369 e. The number of hydrogen-bond acceptors (Lipinski definition) is 2. The number of rotatable bonds is 2. The maximum absolute atomic E-state index is 13.1. The highest BCUT2D eigenvalue weighted by Gasteiger charge is 2.39. The highest BCUT2D eigenvalue weighted by atomic mass is 19.1. The van der Waals surface area contributed by atoms with Gasteiger partial charge in [0.1, 0.15) is 11.9 Å². The summed E-state index contributed by atoms with van der Waals surface area (Å²) in [6.07, 6.45) is -0.244. The van der Waals surface area contributed by atoms with Crippen molar-refractivity contribution in [2.24, 2.45) is 0 Å². The van der Waals surface area contributed by atoms with E-state index in [2.05, 4.69) is 0 Å². The second kappa shape index (κ2) is 6.36. The number of hydrogen-bond donors (Lipinski definition) is 0. The van der Waals surface area contributed by atoms with Crippen LogP contribution in [0.3, 0.4) is 0 Å². The topological polar surface area (TPSA) is 29.5 Å². The second-order valence-electron chi connectivity index (χ2n) is 6.89. The van der Waals surface area contributed by atoms with Gasteiger partial charge in [-0.15, -0.1) is 0 Å². The second-order valence-corrected chi connectivity index (χ2v) is 6.89. The summed E-state index contributed by atoms with van der Waals surface area (Å²) in [4.78, 5) is 14.9. The smallest absolute Gasteiger partial charge is 0.254 e. The number of ether oxygens (including phenoxy) is 1. The molecule has 126 valence electrons. The summed E-state index contributed by atoms with van der Waals surface area (Å²) in [7, 11) is 0. The first-order valence-electron chi connectivity index (χ1n) is 8.13. The summed E-state index contributed by atoms with van der Waals surface area (Å²) < 4.78 is 19.1. The van der Waals surface area contributed by atoms with Crippen molar-refractivity contribution in [3.8, 4) is 0 Å². The summed E-state index contributed by atoms with van der Waals surface area (Å²) in [6, 6.07) is 13.9. The maximum Gasteiger partial charge on any atom is 0.254 e. The molecule has 1 aliphatic rings. The maximum atomic E-state index is 13.1. The molecule has 3 nitrogen and oxygen atoms in total. The Kier molecular flexibility index (Phi) is 4.41. The van der Waals surface area contributed by atoms with E-state index in [-0.39, 0.29) is 17.8 Å². The van der Waals surface area contributed by atoms with Crippen molar-refractivity contribution >= 4 is 5.91 Å². The average Bonchev–Trinajstić information content (AvgIpc) is 2.55. The van der Waals surface area contributed by atoms with Crippen LogP contribution in [0.15, 0.2) is 48.5 Å². The standard InChI is InChI=1S/C20H22FNO2/c1-14-6-4-5-7-17(14)19(23)22-12-18(24-13-20(22,2)3)15-8-10-16(21)11-9-15/h4-11,18H,12-13H2,1-3H3. The molecule has 0 aromatic heterocycles. The van der Waals surface area contributed by atoms with Crippen molar-refractivity contribution in [3.05, 3.63) is 71.0 Å². The number of nitrogens with zero attached hydrogens (tertiary/aromatic N) is 1. The van der Waals surface area contributed by atoms with Crippen LogP contribution in [0, 0.1) is 12.7 Å². The molecule has 0 radical (unpaired) electrons. The molecule has 3 rings (SSSR count). The lowest BCUT2D eigenvalue weighted by molar-refractivity contribution is -0.0847. The molecule has 1 atom stereocenters. The molecule has 0 bridgehead atoms. The zero-order chi connectivity index (χ0) is 17.3. The number of carbonyl (C=O) groups excluding carboxylic acids is 1. The molecule has 1 amide bonds. The molecule has 0 saturated carbocycles. The molecular formula is C20H22FNO2. The van der Waals surface area contributed by atoms with Crippen molar-refractivity contribution in [1.29, 1.82) is 0 Å². The van der Waals surface area contributed by atoms with Crippen molar-refractivity contribution in [2.75, 3.05) is 13.2 Å². The molecule has 4 heteroatoms. The van der Waals surface area contributed by atoms with E-state index in [4.69, 9.17) is 4.74 Å². The van der Waals surface area contributed by atoms with Gasteiger partial charge < -0.3 is 9.64 Å². The number of halogens is 1. The molecular weight excluding hydrogens is 305 g/mol. The lowest BCUT2D eigenvalue weighted by Crippen LogP contribution is -2.56. The molecule has 2 aromatic carbocycles. The van der Waals surface area contributed by atoms with Gasteiger partial charge in [-0.05, 0) is 50.1 Å². The fourth-order valence-electron chi connectivity index (χ4n) is 3.04. The Hall–Kier alpha value is -2.20. The van der Waals surface area contributed by atoms with Crippen LogP contribution in [0.4, 0.5) is 4.39 Å². The summed E-state index contributed by atoms with van der Waals surface area (Å²) in [6.45, 7) is 6.84. The van der Waals surface area contributed by atoms with Crippen LogP contribution < -0.4 is 0 Å². The minimum absolute atomic E-state index is 0.00788. The summed E-state index contributed by atoms with van der Waals surface area (Å²) in [5.74, 6) is -0.267. The van der Waals surface area contributed by atoms with Crippen LogP contribution in [0.25, 0.3) is 0 Å². The molecule has 1 unspecified atom stereocenters. The van der Waals surface area contributed by atoms with Gasteiger partial charge in [-0.25, -0.2) is 4.39 Å².